The molecule has 3 aliphatic heterocycles. The Kier molecular flexibility index (Phi) is 10.6. The van der Waals surface area contributed by atoms with E-state index in [1.54, 1.807) is 39.8 Å². The molecule has 1 spiro atoms. The number of hydrogen-bond donors (Lipinski definition) is 2. The van der Waals surface area contributed by atoms with Crippen LogP contribution in [0, 0.1) is 5.92 Å². The zero-order valence-electron chi connectivity index (χ0n) is 31.2. The number of ether oxygens (including phenoxy) is 4. The van der Waals surface area contributed by atoms with Crippen LogP contribution >= 0.6 is 0 Å². The molecule has 1 saturated heterocycles. The van der Waals surface area contributed by atoms with Crippen LogP contribution < -0.4 is 20.1 Å². The topological polar surface area (TPSA) is 175 Å². The van der Waals surface area contributed by atoms with Crippen molar-refractivity contribution in [1.29, 1.82) is 0 Å². The number of pyridine rings is 2. The summed E-state index contributed by atoms with van der Waals surface area (Å²) in [5, 5.41) is 5.39. The lowest BCUT2D eigenvalue weighted by Crippen LogP contribution is -2.65. The monoisotopic (exact) mass is 771 g/mol. The van der Waals surface area contributed by atoms with Gasteiger partial charge in [0.25, 0.3) is 0 Å². The molecule has 0 radical (unpaired) electrons. The molecular formula is C38H44F3N5O9. The molecule has 1 aliphatic carbocycles. The van der Waals surface area contributed by atoms with Crippen LogP contribution in [0.15, 0.2) is 36.4 Å². The number of allylic oxidation sites excluding steroid dienone is 1. The zero-order valence-corrected chi connectivity index (χ0v) is 31.2. The summed E-state index contributed by atoms with van der Waals surface area (Å²) in [6.45, 7) is 6.06. The molecule has 4 aliphatic rings. The average Bonchev–Trinajstić information content (AvgIpc) is 3.45. The van der Waals surface area contributed by atoms with Gasteiger partial charge in [-0.05, 0) is 53.0 Å². The molecule has 1 fully saturated rings. The van der Waals surface area contributed by atoms with E-state index in [4.69, 9.17) is 18.9 Å². The Balaban J connectivity index is 1.45. The van der Waals surface area contributed by atoms with Gasteiger partial charge in [0.15, 0.2) is 22.8 Å². The highest BCUT2D eigenvalue weighted by molar-refractivity contribution is 6.10. The van der Waals surface area contributed by atoms with Gasteiger partial charge in [0, 0.05) is 18.4 Å². The van der Waals surface area contributed by atoms with Gasteiger partial charge in [-0.2, -0.15) is 13.2 Å². The molecule has 14 nitrogen and oxygen atoms in total. The lowest BCUT2D eigenvalue weighted by Gasteiger charge is -2.41. The van der Waals surface area contributed by atoms with Gasteiger partial charge in [-0.15, -0.1) is 0 Å². The van der Waals surface area contributed by atoms with Gasteiger partial charge in [0.1, 0.15) is 28.8 Å². The summed E-state index contributed by atoms with van der Waals surface area (Å²) in [7, 11) is 1.31. The first-order valence-electron chi connectivity index (χ1n) is 18.2. The van der Waals surface area contributed by atoms with E-state index in [0.717, 1.165) is 11.3 Å². The summed E-state index contributed by atoms with van der Waals surface area (Å²) in [5.74, 6) is -4.57. The number of Topliss-reactive ketones (excluding diaryl/α,β-unsaturated/α-hetero) is 1. The van der Waals surface area contributed by atoms with Crippen molar-refractivity contribution >= 4 is 40.7 Å². The van der Waals surface area contributed by atoms with Crippen molar-refractivity contribution in [2.45, 2.75) is 108 Å². The summed E-state index contributed by atoms with van der Waals surface area (Å²) in [6, 6.07) is -0.137. The third-order valence-electron chi connectivity index (χ3n) is 10.0. The highest BCUT2D eigenvalue weighted by atomic mass is 19.4. The second-order valence-corrected chi connectivity index (χ2v) is 15.2. The molecule has 0 saturated carbocycles. The molecule has 2 aromatic heterocycles. The number of nitrogens with zero attached hydrogens (tertiary/aromatic N) is 3. The number of carbonyl (C=O) groups excluding carboxylic acids is 5. The molecule has 5 atom stereocenters. The lowest BCUT2D eigenvalue weighted by molar-refractivity contribution is -0.154. The van der Waals surface area contributed by atoms with Crippen molar-refractivity contribution in [3.8, 4) is 11.6 Å². The van der Waals surface area contributed by atoms with Crippen molar-refractivity contribution in [3.63, 3.8) is 0 Å². The molecule has 3 amide bonds. The summed E-state index contributed by atoms with van der Waals surface area (Å²) in [4.78, 5) is 78.8. The van der Waals surface area contributed by atoms with Gasteiger partial charge in [0.2, 0.25) is 17.7 Å². The minimum absolute atomic E-state index is 0.0102. The first-order chi connectivity index (χ1) is 25.9. The average molecular weight is 772 g/mol. The van der Waals surface area contributed by atoms with Crippen LogP contribution in [-0.4, -0.2) is 93.6 Å². The van der Waals surface area contributed by atoms with Crippen LogP contribution in [-0.2, 0) is 30.0 Å². The molecule has 0 aromatic carbocycles. The number of ketones is 1. The Labute approximate surface area is 315 Å². The quantitative estimate of drug-likeness (QED) is 0.317. The minimum atomic E-state index is -5.08. The number of halogens is 3. The summed E-state index contributed by atoms with van der Waals surface area (Å²) in [5.41, 5.74) is -6.73. The number of alkyl carbamates (subject to hydrolysis) is 1. The number of nitrogens with one attached hydrogen (secondary N) is 2. The second kappa shape index (κ2) is 14.8. The van der Waals surface area contributed by atoms with Crippen molar-refractivity contribution in [2.75, 3.05) is 20.3 Å². The molecule has 0 unspecified atom stereocenters. The number of rotatable bonds is 4. The van der Waals surface area contributed by atoms with E-state index in [1.807, 2.05) is 6.08 Å². The van der Waals surface area contributed by atoms with Crippen molar-refractivity contribution in [1.82, 2.24) is 25.5 Å². The molecule has 2 N–H and O–H groups in total. The van der Waals surface area contributed by atoms with Crippen molar-refractivity contribution < 1.29 is 56.1 Å². The largest absolute Gasteiger partial charge is 0.482 e. The fraction of sp³-hybridized carbons (Fsp3) is 0.553. The molecular weight excluding hydrogens is 727 g/mol. The van der Waals surface area contributed by atoms with Crippen LogP contribution in [0.25, 0.3) is 11.0 Å². The molecule has 6 rings (SSSR count). The Morgan fingerprint density at radius 2 is 1.85 bits per heavy atom. The van der Waals surface area contributed by atoms with E-state index < -0.39 is 107 Å². The number of carbonyl (C=O) groups is 5. The Bertz CT molecular complexity index is 1960. The third kappa shape index (κ3) is 7.83. The number of amides is 3. The van der Waals surface area contributed by atoms with Crippen LogP contribution in [0.3, 0.4) is 0 Å². The van der Waals surface area contributed by atoms with Gasteiger partial charge >= 0.3 is 18.2 Å². The number of fused-ring (bicyclic) bond motifs is 5. The van der Waals surface area contributed by atoms with Crippen LogP contribution in [0.2, 0.25) is 0 Å². The van der Waals surface area contributed by atoms with Crippen molar-refractivity contribution in [3.05, 3.63) is 47.7 Å². The maximum absolute atomic E-state index is 14.7. The van der Waals surface area contributed by atoms with Crippen LogP contribution in [0.1, 0.15) is 88.7 Å². The van der Waals surface area contributed by atoms with E-state index >= 15 is 0 Å². The highest BCUT2D eigenvalue weighted by Crippen LogP contribution is 2.48. The molecule has 5 heterocycles. The van der Waals surface area contributed by atoms with E-state index in [-0.39, 0.29) is 29.9 Å². The summed E-state index contributed by atoms with van der Waals surface area (Å²) >= 11 is 0. The maximum Gasteiger partial charge on any atom is 0.437 e. The second-order valence-electron chi connectivity index (χ2n) is 15.2. The smallest absolute Gasteiger partial charge is 0.437 e. The zero-order chi connectivity index (χ0) is 39.9. The van der Waals surface area contributed by atoms with Crippen LogP contribution in [0.4, 0.5) is 18.0 Å². The lowest BCUT2D eigenvalue weighted by atomic mass is 9.73. The van der Waals surface area contributed by atoms with Crippen molar-refractivity contribution in [2.24, 2.45) is 5.92 Å². The SMILES string of the molecule is CCOC(=O)[C@@]12C=C[C@H]1/C=C\CCCCC[C@H](NC(=O)OC(C)(C)C)C(=O)N1C[C@@]3(CC(=O)c4c(c(C(F)(F)F)nc5ccc(OC)nc45)O3)C[C@H]1C(=O)N2. The Morgan fingerprint density at radius 3 is 2.51 bits per heavy atom. The van der Waals surface area contributed by atoms with E-state index in [2.05, 4.69) is 20.6 Å². The van der Waals surface area contributed by atoms with Gasteiger partial charge in [-0.25, -0.2) is 19.6 Å². The van der Waals surface area contributed by atoms with Crippen LogP contribution in [0.5, 0.6) is 11.6 Å². The Morgan fingerprint density at radius 1 is 1.09 bits per heavy atom. The summed E-state index contributed by atoms with van der Waals surface area (Å²) in [6.07, 6.45) is 2.59. The normalized spacial score (nSPS) is 27.7. The number of esters is 1. The third-order valence-corrected chi connectivity index (χ3v) is 10.0. The molecule has 296 valence electrons. The number of methoxy groups -OCH3 is 1. The minimum Gasteiger partial charge on any atom is -0.482 e. The highest BCUT2D eigenvalue weighted by Gasteiger charge is 2.58. The van der Waals surface area contributed by atoms with Gasteiger partial charge in [-0.1, -0.05) is 37.1 Å². The fourth-order valence-corrected chi connectivity index (χ4v) is 7.49. The standard InChI is InChI=1S/C38H44F3N5O9/c1-6-53-33(50)37-17-16-21(37)12-10-8-7-9-11-13-23(43-34(51)55-35(2,3)4)32(49)46-20-36(18-24(46)31(48)45-37)19-25(47)27-28-22(14-15-26(44-28)52-5)42-30(29(27)54-36)38(39,40)41/h10,12,14-17,21,23-24H,6-9,11,13,18-20H2,1-5H3,(H,43,51)(H,45,48)/b12-10-/t21-,23+,24+,36+,37-/m1/s1. The predicted octanol–water partition coefficient (Wildman–Crippen LogP) is 4.98. The molecule has 2 aromatic rings. The molecule has 55 heavy (non-hydrogen) atoms. The molecule has 0 bridgehead atoms. The predicted molar refractivity (Wildman–Crippen MR) is 189 cm³/mol. The first kappa shape index (κ1) is 39.5. The van der Waals surface area contributed by atoms with E-state index in [1.165, 1.54) is 25.3 Å². The Hall–Kier alpha value is -5.22. The first-order valence-corrected chi connectivity index (χ1v) is 18.2. The summed E-state index contributed by atoms with van der Waals surface area (Å²) < 4.78 is 66.1. The van der Waals surface area contributed by atoms with Gasteiger partial charge in [-0.3, -0.25) is 14.4 Å². The molecule has 17 heteroatoms. The fourth-order valence-electron chi connectivity index (χ4n) is 7.49. The number of hydrogen-bond acceptors (Lipinski definition) is 11. The van der Waals surface area contributed by atoms with Gasteiger partial charge in [0.05, 0.1) is 37.8 Å². The van der Waals surface area contributed by atoms with E-state index in [9.17, 15) is 37.1 Å². The van der Waals surface area contributed by atoms with E-state index in [0.29, 0.717) is 19.3 Å². The van der Waals surface area contributed by atoms with Gasteiger partial charge < -0.3 is 34.5 Å². The number of alkyl halides is 3. The maximum atomic E-state index is 14.7. The number of aromatic nitrogens is 2.